The number of ether oxygens (including phenoxy) is 1. The number of thioether (sulfide) groups is 1. The molecule has 1 aliphatic heterocycles. The largest absolute Gasteiger partial charge is 0.490 e. The first-order chi connectivity index (χ1) is 14.7. The fourth-order valence-corrected chi connectivity index (χ4v) is 4.67. The lowest BCUT2D eigenvalue weighted by Gasteiger charge is -2.14. The van der Waals surface area contributed by atoms with Crippen molar-refractivity contribution < 1.29 is 26.9 Å². The monoisotopic (exact) mass is 480 g/mol. The second-order valence-electron chi connectivity index (χ2n) is 6.13. The van der Waals surface area contributed by atoms with Gasteiger partial charge in [-0.05, 0) is 54.6 Å². The minimum absolute atomic E-state index is 0.0178. The van der Waals surface area contributed by atoms with Crippen LogP contribution in [0.3, 0.4) is 0 Å². The van der Waals surface area contributed by atoms with E-state index in [9.17, 15) is 18.0 Å². The molecule has 0 aliphatic carbocycles. The van der Waals surface area contributed by atoms with E-state index < -0.39 is 16.0 Å². The number of amides is 2. The van der Waals surface area contributed by atoms with Crippen molar-refractivity contribution in [3.8, 4) is 11.5 Å². The molecule has 0 atom stereocenters. The molecular weight excluding hydrogens is 464 g/mol. The molecule has 1 heterocycles. The molecule has 2 amide bonds. The van der Waals surface area contributed by atoms with Crippen LogP contribution in [0.2, 0.25) is 5.02 Å². The maximum absolute atomic E-state index is 12.6. The zero-order valence-electron chi connectivity index (χ0n) is 16.4. The molecule has 0 saturated carbocycles. The van der Waals surface area contributed by atoms with Gasteiger partial charge in [0.1, 0.15) is 4.90 Å². The minimum atomic E-state index is -4.14. The van der Waals surface area contributed by atoms with Crippen LogP contribution in [0.4, 0.5) is 0 Å². The van der Waals surface area contributed by atoms with Gasteiger partial charge in [-0.1, -0.05) is 29.8 Å². The highest BCUT2D eigenvalue weighted by molar-refractivity contribution is 8.18. The molecule has 2 aromatic carbocycles. The molecule has 0 saturated heterocycles. The second-order valence-corrected chi connectivity index (χ2v) is 9.11. The zero-order chi connectivity index (χ0) is 22.6. The third-order valence-electron chi connectivity index (χ3n) is 3.76. The van der Waals surface area contributed by atoms with Crippen molar-refractivity contribution >= 4 is 56.5 Å². The number of rotatable bonds is 6. The van der Waals surface area contributed by atoms with Gasteiger partial charge in [0.15, 0.2) is 10.9 Å². The van der Waals surface area contributed by atoms with Gasteiger partial charge >= 0.3 is 10.1 Å². The number of hydrogen-bond donors (Lipinski definition) is 1. The molecular formula is C20H17ClN2O6S2. The summed E-state index contributed by atoms with van der Waals surface area (Å²) >= 11 is 7.30. The second kappa shape index (κ2) is 9.54. The molecule has 0 unspecified atom stereocenters. The maximum Gasteiger partial charge on any atom is 0.339 e. The number of halogens is 1. The summed E-state index contributed by atoms with van der Waals surface area (Å²) in [7, 11) is -4.14. The first kappa shape index (κ1) is 22.9. The van der Waals surface area contributed by atoms with Crippen LogP contribution in [0.15, 0.2) is 57.3 Å². The Hall–Kier alpha value is -2.82. The Kier molecular flexibility index (Phi) is 7.04. The SMILES string of the molecule is CCOc1cc(/C=C2/SC(NC(C)=O)=NC2=O)cc(Cl)c1OS(=O)(=O)c1ccccc1. The minimum Gasteiger partial charge on any atom is -0.490 e. The van der Waals surface area contributed by atoms with Crippen molar-refractivity contribution in [1.82, 2.24) is 5.32 Å². The summed E-state index contributed by atoms with van der Waals surface area (Å²) in [5.41, 5.74) is 0.466. The highest BCUT2D eigenvalue weighted by atomic mass is 35.5. The van der Waals surface area contributed by atoms with Crippen LogP contribution < -0.4 is 14.2 Å². The van der Waals surface area contributed by atoms with E-state index in [0.717, 1.165) is 11.8 Å². The van der Waals surface area contributed by atoms with Gasteiger partial charge in [-0.25, -0.2) is 0 Å². The molecule has 1 aliphatic rings. The Morgan fingerprint density at radius 3 is 2.61 bits per heavy atom. The quantitative estimate of drug-likeness (QED) is 0.496. The first-order valence-corrected chi connectivity index (χ1v) is 11.6. The Labute approximate surface area is 188 Å². The van der Waals surface area contributed by atoms with E-state index >= 15 is 0 Å². The van der Waals surface area contributed by atoms with Crippen LogP contribution in [0.5, 0.6) is 11.5 Å². The van der Waals surface area contributed by atoms with Gasteiger partial charge in [0.05, 0.1) is 16.5 Å². The molecule has 0 bridgehead atoms. The summed E-state index contributed by atoms with van der Waals surface area (Å²) in [5.74, 6) is -0.923. The summed E-state index contributed by atoms with van der Waals surface area (Å²) < 4.78 is 36.0. The van der Waals surface area contributed by atoms with E-state index in [-0.39, 0.29) is 44.0 Å². The number of aliphatic imine (C=N–C) groups is 1. The number of amidine groups is 1. The molecule has 0 radical (unpaired) electrons. The van der Waals surface area contributed by atoms with Gasteiger partial charge in [-0.15, -0.1) is 0 Å². The van der Waals surface area contributed by atoms with Crippen molar-refractivity contribution in [3.05, 3.63) is 58.0 Å². The van der Waals surface area contributed by atoms with Gasteiger partial charge < -0.3 is 14.2 Å². The Morgan fingerprint density at radius 2 is 1.97 bits per heavy atom. The third-order valence-corrected chi connectivity index (χ3v) is 6.17. The van der Waals surface area contributed by atoms with Gasteiger partial charge in [0, 0.05) is 6.92 Å². The van der Waals surface area contributed by atoms with Crippen LogP contribution in [-0.2, 0) is 19.7 Å². The van der Waals surface area contributed by atoms with Crippen molar-refractivity contribution in [2.45, 2.75) is 18.7 Å². The highest BCUT2D eigenvalue weighted by Gasteiger charge is 2.25. The third kappa shape index (κ3) is 5.66. The molecule has 0 spiro atoms. The molecule has 0 aromatic heterocycles. The smallest absolute Gasteiger partial charge is 0.339 e. The molecule has 0 fully saturated rings. The average molecular weight is 481 g/mol. The number of carbonyl (C=O) groups excluding carboxylic acids is 2. The molecule has 1 N–H and O–H groups in total. The average Bonchev–Trinajstić information content (AvgIpc) is 3.03. The van der Waals surface area contributed by atoms with Gasteiger partial charge in [-0.3, -0.25) is 9.59 Å². The van der Waals surface area contributed by atoms with Crippen LogP contribution in [0, 0.1) is 0 Å². The van der Waals surface area contributed by atoms with E-state index in [1.165, 1.54) is 37.3 Å². The summed E-state index contributed by atoms with van der Waals surface area (Å²) in [6.07, 6.45) is 1.51. The summed E-state index contributed by atoms with van der Waals surface area (Å²) in [4.78, 5) is 27.2. The zero-order valence-corrected chi connectivity index (χ0v) is 18.8. The van der Waals surface area contributed by atoms with Crippen LogP contribution in [-0.4, -0.2) is 32.0 Å². The lowest BCUT2D eigenvalue weighted by molar-refractivity contribution is -0.117. The van der Waals surface area contributed by atoms with E-state index in [1.54, 1.807) is 25.1 Å². The maximum atomic E-state index is 12.6. The van der Waals surface area contributed by atoms with Gasteiger partial charge in [0.25, 0.3) is 5.91 Å². The molecule has 2 aromatic rings. The van der Waals surface area contributed by atoms with Crippen molar-refractivity contribution in [3.63, 3.8) is 0 Å². The molecule has 31 heavy (non-hydrogen) atoms. The van der Waals surface area contributed by atoms with Crippen LogP contribution in [0.1, 0.15) is 19.4 Å². The summed E-state index contributed by atoms with van der Waals surface area (Å²) in [5, 5.41) is 2.61. The molecule has 162 valence electrons. The van der Waals surface area contributed by atoms with Crippen LogP contribution >= 0.6 is 23.4 Å². The predicted octanol–water partition coefficient (Wildman–Crippen LogP) is 3.61. The van der Waals surface area contributed by atoms with E-state index in [1.807, 2.05) is 0 Å². The lowest BCUT2D eigenvalue weighted by Crippen LogP contribution is -2.23. The summed E-state index contributed by atoms with van der Waals surface area (Å²) in [6.45, 7) is 3.26. The molecule has 11 heteroatoms. The van der Waals surface area contributed by atoms with Crippen molar-refractivity contribution in [1.29, 1.82) is 0 Å². The fourth-order valence-electron chi connectivity index (χ4n) is 2.52. The number of benzene rings is 2. The topological polar surface area (TPSA) is 111 Å². The number of nitrogens with zero attached hydrogens (tertiary/aromatic N) is 1. The molecule has 3 rings (SSSR count). The van der Waals surface area contributed by atoms with Gasteiger partial charge in [-0.2, -0.15) is 13.4 Å². The normalized spacial score (nSPS) is 15.0. The van der Waals surface area contributed by atoms with E-state index in [0.29, 0.717) is 5.56 Å². The Bertz CT molecular complexity index is 1190. The molecule has 8 nitrogen and oxygen atoms in total. The predicted molar refractivity (Wildman–Crippen MR) is 119 cm³/mol. The van der Waals surface area contributed by atoms with Crippen LogP contribution in [0.25, 0.3) is 6.08 Å². The number of carbonyl (C=O) groups is 2. The van der Waals surface area contributed by atoms with E-state index in [4.69, 9.17) is 20.5 Å². The van der Waals surface area contributed by atoms with Crippen molar-refractivity contribution in [2.75, 3.05) is 6.61 Å². The summed E-state index contributed by atoms with van der Waals surface area (Å²) in [6, 6.07) is 10.6. The fraction of sp³-hybridized carbons (Fsp3) is 0.150. The standard InChI is InChI=1S/C20H17ClN2O6S2/c1-3-28-16-10-13(11-17-19(25)23-20(30-17)22-12(2)24)9-15(21)18(16)29-31(26,27)14-7-5-4-6-8-14/h4-11H,3H2,1-2H3,(H,22,23,24,25)/b17-11+. The highest BCUT2D eigenvalue weighted by Crippen LogP contribution is 2.40. The Balaban J connectivity index is 1.93. The van der Waals surface area contributed by atoms with Crippen molar-refractivity contribution in [2.24, 2.45) is 4.99 Å². The first-order valence-electron chi connectivity index (χ1n) is 8.95. The Morgan fingerprint density at radius 1 is 1.26 bits per heavy atom. The number of hydrogen-bond acceptors (Lipinski definition) is 7. The number of nitrogens with one attached hydrogen (secondary N) is 1. The van der Waals surface area contributed by atoms with Gasteiger partial charge in [0.2, 0.25) is 11.7 Å². The van der Waals surface area contributed by atoms with E-state index in [2.05, 4.69) is 10.3 Å². The lowest BCUT2D eigenvalue weighted by atomic mass is 10.2.